The second kappa shape index (κ2) is 7.01. The molecule has 0 aliphatic carbocycles. The highest BCUT2D eigenvalue weighted by Crippen LogP contribution is 2.12. The summed E-state index contributed by atoms with van der Waals surface area (Å²) in [4.78, 5) is 4.20. The van der Waals surface area contributed by atoms with Crippen LogP contribution in [0.15, 0.2) is 42.6 Å². The number of rotatable bonds is 6. The van der Waals surface area contributed by atoms with Crippen LogP contribution in [0.5, 0.6) is 5.88 Å². The fourth-order valence-corrected chi connectivity index (χ4v) is 2.16. The van der Waals surface area contributed by atoms with Gasteiger partial charge in [-0.3, -0.25) is 0 Å². The predicted octanol–water partition coefficient (Wildman–Crippen LogP) is 2.60. The van der Waals surface area contributed by atoms with Gasteiger partial charge in [0.05, 0.1) is 7.11 Å². The summed E-state index contributed by atoms with van der Waals surface area (Å²) in [7, 11) is 3.52. The van der Waals surface area contributed by atoms with Gasteiger partial charge in [0, 0.05) is 18.3 Å². The van der Waals surface area contributed by atoms with Crippen LogP contribution in [-0.2, 0) is 12.8 Å². The Morgan fingerprint density at radius 1 is 1.20 bits per heavy atom. The Bertz CT molecular complexity index is 542. The fourth-order valence-electron chi connectivity index (χ4n) is 2.16. The highest BCUT2D eigenvalue weighted by atomic mass is 19.1. The third-order valence-corrected chi connectivity index (χ3v) is 3.27. The molecule has 0 amide bonds. The van der Waals surface area contributed by atoms with Crippen LogP contribution in [0.25, 0.3) is 0 Å². The molecule has 0 aliphatic rings. The maximum atomic E-state index is 13.2. The van der Waals surface area contributed by atoms with E-state index in [4.69, 9.17) is 4.74 Å². The van der Waals surface area contributed by atoms with Crippen LogP contribution in [0, 0.1) is 5.82 Å². The van der Waals surface area contributed by atoms with Crippen LogP contribution >= 0.6 is 0 Å². The van der Waals surface area contributed by atoms with E-state index in [1.807, 2.05) is 31.4 Å². The Balaban J connectivity index is 2.01. The minimum absolute atomic E-state index is 0.191. The van der Waals surface area contributed by atoms with Crippen molar-refractivity contribution in [3.8, 4) is 5.88 Å². The monoisotopic (exact) mass is 274 g/mol. The molecule has 1 heterocycles. The lowest BCUT2D eigenvalue weighted by molar-refractivity contribution is 0.397. The first-order chi connectivity index (χ1) is 9.71. The van der Waals surface area contributed by atoms with Crippen LogP contribution in [-0.4, -0.2) is 25.2 Å². The number of benzene rings is 1. The number of hydrogen-bond donors (Lipinski definition) is 1. The second-order valence-corrected chi connectivity index (χ2v) is 4.73. The van der Waals surface area contributed by atoms with Crippen LogP contribution in [0.2, 0.25) is 0 Å². The zero-order valence-corrected chi connectivity index (χ0v) is 11.8. The van der Waals surface area contributed by atoms with Gasteiger partial charge < -0.3 is 10.1 Å². The fraction of sp³-hybridized carbons (Fsp3) is 0.312. The van der Waals surface area contributed by atoms with Crippen LogP contribution in [0.3, 0.4) is 0 Å². The molecule has 2 aromatic rings. The summed E-state index contributed by atoms with van der Waals surface area (Å²) in [5, 5.41) is 3.27. The van der Waals surface area contributed by atoms with E-state index in [2.05, 4.69) is 10.3 Å². The van der Waals surface area contributed by atoms with E-state index in [1.54, 1.807) is 19.2 Å². The molecule has 1 atom stereocenters. The van der Waals surface area contributed by atoms with E-state index in [0.717, 1.165) is 24.0 Å². The van der Waals surface area contributed by atoms with Gasteiger partial charge in [0.2, 0.25) is 5.88 Å². The highest BCUT2D eigenvalue weighted by molar-refractivity contribution is 5.21. The molecule has 0 bridgehead atoms. The second-order valence-electron chi connectivity index (χ2n) is 4.73. The number of likely N-dealkylation sites (N-methyl/N-ethyl adjacent to an activating group) is 1. The van der Waals surface area contributed by atoms with Crippen molar-refractivity contribution in [2.45, 2.75) is 18.9 Å². The van der Waals surface area contributed by atoms with Crippen molar-refractivity contribution in [2.75, 3.05) is 14.2 Å². The average molecular weight is 274 g/mol. The van der Waals surface area contributed by atoms with Gasteiger partial charge in [-0.1, -0.05) is 18.2 Å². The van der Waals surface area contributed by atoms with Gasteiger partial charge >= 0.3 is 0 Å². The molecule has 0 spiro atoms. The third-order valence-electron chi connectivity index (χ3n) is 3.27. The largest absolute Gasteiger partial charge is 0.481 e. The van der Waals surface area contributed by atoms with Crippen molar-refractivity contribution < 1.29 is 9.13 Å². The maximum Gasteiger partial charge on any atom is 0.212 e. The summed E-state index contributed by atoms with van der Waals surface area (Å²) in [5.74, 6) is 0.420. The molecule has 20 heavy (non-hydrogen) atoms. The quantitative estimate of drug-likeness (QED) is 0.879. The molecule has 0 fully saturated rings. The molecule has 2 rings (SSSR count). The van der Waals surface area contributed by atoms with Crippen LogP contribution in [0.1, 0.15) is 11.1 Å². The summed E-state index contributed by atoms with van der Waals surface area (Å²) >= 11 is 0. The lowest BCUT2D eigenvalue weighted by atomic mass is 10.00. The van der Waals surface area contributed by atoms with E-state index in [0.29, 0.717) is 5.88 Å². The molecule has 0 saturated carbocycles. The summed E-state index contributed by atoms with van der Waals surface area (Å²) in [6.45, 7) is 0. The Labute approximate surface area is 118 Å². The van der Waals surface area contributed by atoms with Crippen LogP contribution in [0.4, 0.5) is 4.39 Å². The number of methoxy groups -OCH3 is 1. The highest BCUT2D eigenvalue weighted by Gasteiger charge is 2.09. The molecule has 3 nitrogen and oxygen atoms in total. The molecule has 1 unspecified atom stereocenters. The van der Waals surface area contributed by atoms with E-state index in [9.17, 15) is 4.39 Å². The van der Waals surface area contributed by atoms with Gasteiger partial charge in [-0.05, 0) is 43.1 Å². The molecular formula is C16H19FN2O. The summed E-state index contributed by atoms with van der Waals surface area (Å²) in [6.07, 6.45) is 3.43. The number of hydrogen-bond acceptors (Lipinski definition) is 3. The number of nitrogens with zero attached hydrogens (tertiary/aromatic N) is 1. The molecule has 1 aromatic carbocycles. The smallest absolute Gasteiger partial charge is 0.212 e. The molecule has 4 heteroatoms. The molecule has 1 aromatic heterocycles. The summed E-state index contributed by atoms with van der Waals surface area (Å²) < 4.78 is 18.2. The number of nitrogens with one attached hydrogen (secondary N) is 1. The molecule has 0 saturated heterocycles. The normalized spacial score (nSPS) is 12.2. The van der Waals surface area contributed by atoms with Gasteiger partial charge in [-0.15, -0.1) is 0 Å². The van der Waals surface area contributed by atoms with E-state index >= 15 is 0 Å². The van der Waals surface area contributed by atoms with Gasteiger partial charge in [0.15, 0.2) is 0 Å². The van der Waals surface area contributed by atoms with Gasteiger partial charge in [0.1, 0.15) is 5.82 Å². The minimum Gasteiger partial charge on any atom is -0.481 e. The standard InChI is InChI=1S/C16H19FN2O/c1-18-15(9-12-4-3-5-14(17)8-12)10-13-6-7-16(20-2)19-11-13/h3-8,11,15,18H,9-10H2,1-2H3. The van der Waals surface area contributed by atoms with Crippen molar-refractivity contribution in [3.63, 3.8) is 0 Å². The summed E-state index contributed by atoms with van der Waals surface area (Å²) in [5.41, 5.74) is 2.12. The zero-order valence-electron chi connectivity index (χ0n) is 11.8. The first-order valence-corrected chi connectivity index (χ1v) is 6.62. The Hall–Kier alpha value is -1.94. The maximum absolute atomic E-state index is 13.2. The lowest BCUT2D eigenvalue weighted by Crippen LogP contribution is -2.30. The van der Waals surface area contributed by atoms with E-state index in [-0.39, 0.29) is 11.9 Å². The zero-order chi connectivity index (χ0) is 14.4. The third kappa shape index (κ3) is 4.03. The average Bonchev–Trinajstić information content (AvgIpc) is 2.47. The molecule has 1 N–H and O–H groups in total. The first kappa shape index (κ1) is 14.5. The topological polar surface area (TPSA) is 34.1 Å². The minimum atomic E-state index is -0.191. The number of ether oxygens (including phenoxy) is 1. The van der Waals surface area contributed by atoms with Crippen molar-refractivity contribution in [1.29, 1.82) is 0 Å². The molecular weight excluding hydrogens is 255 g/mol. The van der Waals surface area contributed by atoms with Gasteiger partial charge in [-0.25, -0.2) is 9.37 Å². The lowest BCUT2D eigenvalue weighted by Gasteiger charge is -2.16. The predicted molar refractivity (Wildman–Crippen MR) is 77.4 cm³/mol. The molecule has 0 aliphatic heterocycles. The molecule has 106 valence electrons. The van der Waals surface area contributed by atoms with E-state index in [1.165, 1.54) is 6.07 Å². The van der Waals surface area contributed by atoms with Crippen molar-refractivity contribution in [2.24, 2.45) is 0 Å². The number of halogens is 1. The van der Waals surface area contributed by atoms with E-state index < -0.39 is 0 Å². The van der Waals surface area contributed by atoms with Crippen molar-refractivity contribution in [1.82, 2.24) is 10.3 Å². The Kier molecular flexibility index (Phi) is 5.07. The van der Waals surface area contributed by atoms with Crippen molar-refractivity contribution >= 4 is 0 Å². The summed E-state index contributed by atoms with van der Waals surface area (Å²) in [6, 6.07) is 10.8. The van der Waals surface area contributed by atoms with Crippen molar-refractivity contribution in [3.05, 3.63) is 59.5 Å². The Morgan fingerprint density at radius 3 is 2.60 bits per heavy atom. The number of pyridine rings is 1. The SMILES string of the molecule is CNC(Cc1ccc(OC)nc1)Cc1cccc(F)c1. The molecule has 0 radical (unpaired) electrons. The van der Waals surface area contributed by atoms with Crippen LogP contribution < -0.4 is 10.1 Å². The number of aromatic nitrogens is 1. The van der Waals surface area contributed by atoms with Gasteiger partial charge in [-0.2, -0.15) is 0 Å². The van der Waals surface area contributed by atoms with Gasteiger partial charge in [0.25, 0.3) is 0 Å². The first-order valence-electron chi connectivity index (χ1n) is 6.62. The Morgan fingerprint density at radius 2 is 2.00 bits per heavy atom.